The zero-order valence-electron chi connectivity index (χ0n) is 12.9. The molecule has 3 aromatic heterocycles. The third kappa shape index (κ3) is 3.33. The van der Waals surface area contributed by atoms with Gasteiger partial charge in [-0.15, -0.1) is 11.3 Å². The lowest BCUT2D eigenvalue weighted by Gasteiger charge is -2.03. The van der Waals surface area contributed by atoms with Crippen LogP contribution in [0.4, 0.5) is 10.9 Å². The fourth-order valence-electron chi connectivity index (χ4n) is 2.22. The number of hydrogen-bond acceptors (Lipinski definition) is 5. The van der Waals surface area contributed by atoms with Crippen LogP contribution in [-0.2, 0) is 6.54 Å². The molecule has 0 amide bonds. The second kappa shape index (κ2) is 6.27. The smallest absolute Gasteiger partial charge is 0.189 e. The topological polar surface area (TPSA) is 55.6 Å². The quantitative estimate of drug-likeness (QED) is 0.770. The van der Waals surface area contributed by atoms with Crippen LogP contribution in [0.2, 0.25) is 0 Å². The van der Waals surface area contributed by atoms with Crippen LogP contribution in [0.3, 0.4) is 0 Å². The Morgan fingerprint density at radius 2 is 2.18 bits per heavy atom. The van der Waals surface area contributed by atoms with Gasteiger partial charge in [0.25, 0.3) is 0 Å². The van der Waals surface area contributed by atoms with Crippen LogP contribution < -0.4 is 5.32 Å². The van der Waals surface area contributed by atoms with Crippen molar-refractivity contribution in [2.24, 2.45) is 5.92 Å². The Hall–Kier alpha value is -2.21. The Bertz CT molecular complexity index is 745. The molecule has 0 aliphatic carbocycles. The highest BCUT2D eigenvalue weighted by Crippen LogP contribution is 2.31. The minimum absolute atomic E-state index is 0.575. The number of rotatable bonds is 5. The average Bonchev–Trinajstić information content (AvgIpc) is 3.06. The predicted octanol–water partition coefficient (Wildman–Crippen LogP) is 4.11. The third-order valence-corrected chi connectivity index (χ3v) is 4.04. The summed E-state index contributed by atoms with van der Waals surface area (Å²) in [4.78, 5) is 10.1. The fourth-order valence-corrected chi connectivity index (χ4v) is 3.07. The maximum Gasteiger partial charge on any atom is 0.189 e. The summed E-state index contributed by atoms with van der Waals surface area (Å²) in [5.74, 6) is 1.38. The molecule has 114 valence electrons. The number of thiazole rings is 1. The van der Waals surface area contributed by atoms with Gasteiger partial charge in [0.2, 0.25) is 0 Å². The van der Waals surface area contributed by atoms with Crippen molar-refractivity contribution in [2.45, 2.75) is 27.3 Å². The summed E-state index contributed by atoms with van der Waals surface area (Å²) in [5, 5.41) is 8.51. The van der Waals surface area contributed by atoms with Gasteiger partial charge in [-0.05, 0) is 25.0 Å². The first kappa shape index (κ1) is 14.7. The highest BCUT2D eigenvalue weighted by atomic mass is 32.1. The first-order valence-corrected chi connectivity index (χ1v) is 8.12. The lowest BCUT2D eigenvalue weighted by molar-refractivity contribution is 0.483. The van der Waals surface area contributed by atoms with Gasteiger partial charge in [-0.1, -0.05) is 19.9 Å². The van der Waals surface area contributed by atoms with Crippen molar-refractivity contribution < 1.29 is 0 Å². The molecule has 0 unspecified atom stereocenters. The van der Waals surface area contributed by atoms with Crippen molar-refractivity contribution in [3.05, 3.63) is 41.7 Å². The number of nitrogens with one attached hydrogen (secondary N) is 1. The van der Waals surface area contributed by atoms with Crippen molar-refractivity contribution in [2.75, 3.05) is 5.32 Å². The summed E-state index contributed by atoms with van der Waals surface area (Å²) in [7, 11) is 0. The number of nitrogens with zero attached hydrogens (tertiary/aromatic N) is 4. The van der Waals surface area contributed by atoms with Gasteiger partial charge in [-0.25, -0.2) is 9.97 Å². The third-order valence-electron chi connectivity index (χ3n) is 3.16. The summed E-state index contributed by atoms with van der Waals surface area (Å²) in [5.41, 5.74) is 2.04. The maximum atomic E-state index is 4.68. The lowest BCUT2D eigenvalue weighted by Crippen LogP contribution is -2.03. The molecule has 0 bridgehead atoms. The molecular weight excluding hydrogens is 294 g/mol. The van der Waals surface area contributed by atoms with Gasteiger partial charge >= 0.3 is 0 Å². The summed E-state index contributed by atoms with van der Waals surface area (Å²) in [6.45, 7) is 7.37. The summed E-state index contributed by atoms with van der Waals surface area (Å²) >= 11 is 1.63. The Balaban J connectivity index is 1.81. The standard InChI is InChI=1S/C16H19N5S/c1-11(2)9-21-10-13(8-18-21)15-12(3)22-16(20-15)19-14-6-4-5-7-17-14/h4-8,10-11H,9H2,1-3H3,(H,17,19,20). The molecule has 3 rings (SSSR count). The van der Waals surface area contributed by atoms with E-state index in [0.29, 0.717) is 5.92 Å². The van der Waals surface area contributed by atoms with E-state index in [-0.39, 0.29) is 0 Å². The van der Waals surface area contributed by atoms with E-state index in [1.165, 1.54) is 4.88 Å². The minimum atomic E-state index is 0.575. The van der Waals surface area contributed by atoms with Crippen LogP contribution in [0.15, 0.2) is 36.8 Å². The Morgan fingerprint density at radius 1 is 1.32 bits per heavy atom. The highest BCUT2D eigenvalue weighted by Gasteiger charge is 2.12. The van der Waals surface area contributed by atoms with Gasteiger partial charge in [-0.2, -0.15) is 5.10 Å². The number of hydrogen-bond donors (Lipinski definition) is 1. The molecule has 3 aromatic rings. The first-order valence-electron chi connectivity index (χ1n) is 7.30. The summed E-state index contributed by atoms with van der Waals surface area (Å²) in [6.07, 6.45) is 5.71. The van der Waals surface area contributed by atoms with E-state index in [1.54, 1.807) is 17.5 Å². The molecule has 1 N–H and O–H groups in total. The van der Waals surface area contributed by atoms with Crippen LogP contribution >= 0.6 is 11.3 Å². The molecule has 0 saturated carbocycles. The number of pyridine rings is 1. The van der Waals surface area contributed by atoms with E-state index in [0.717, 1.165) is 28.8 Å². The van der Waals surface area contributed by atoms with E-state index in [2.05, 4.69) is 47.4 Å². The van der Waals surface area contributed by atoms with Crippen molar-refractivity contribution in [1.82, 2.24) is 19.7 Å². The first-order chi connectivity index (χ1) is 10.6. The lowest BCUT2D eigenvalue weighted by atomic mass is 10.2. The van der Waals surface area contributed by atoms with Crippen LogP contribution in [0.5, 0.6) is 0 Å². The van der Waals surface area contributed by atoms with Crippen molar-refractivity contribution >= 4 is 22.3 Å². The molecule has 0 atom stereocenters. The monoisotopic (exact) mass is 313 g/mol. The SMILES string of the molecule is Cc1sc(Nc2ccccn2)nc1-c1cnn(CC(C)C)c1. The molecule has 0 fully saturated rings. The van der Waals surface area contributed by atoms with Gasteiger partial charge in [0, 0.05) is 29.4 Å². The van der Waals surface area contributed by atoms with E-state index < -0.39 is 0 Å². The number of anilines is 2. The molecule has 0 aliphatic heterocycles. The van der Waals surface area contributed by atoms with Crippen LogP contribution in [0.1, 0.15) is 18.7 Å². The van der Waals surface area contributed by atoms with Gasteiger partial charge in [0.1, 0.15) is 5.82 Å². The van der Waals surface area contributed by atoms with E-state index in [4.69, 9.17) is 0 Å². The molecule has 5 nitrogen and oxygen atoms in total. The zero-order valence-corrected chi connectivity index (χ0v) is 13.8. The largest absolute Gasteiger partial charge is 0.316 e. The minimum Gasteiger partial charge on any atom is -0.316 e. The van der Waals surface area contributed by atoms with Gasteiger partial charge in [0.15, 0.2) is 5.13 Å². The number of aromatic nitrogens is 4. The van der Waals surface area contributed by atoms with Crippen molar-refractivity contribution in [3.63, 3.8) is 0 Å². The second-order valence-corrected chi connectivity index (χ2v) is 6.81. The Morgan fingerprint density at radius 3 is 2.91 bits per heavy atom. The molecule has 0 saturated heterocycles. The molecule has 3 heterocycles. The van der Waals surface area contributed by atoms with Crippen LogP contribution in [0, 0.1) is 12.8 Å². The summed E-state index contributed by atoms with van der Waals surface area (Å²) < 4.78 is 1.98. The second-order valence-electron chi connectivity index (χ2n) is 5.61. The van der Waals surface area contributed by atoms with E-state index >= 15 is 0 Å². The molecule has 0 aliphatic rings. The van der Waals surface area contributed by atoms with Gasteiger partial charge in [0.05, 0.1) is 11.9 Å². The predicted molar refractivity (Wildman–Crippen MR) is 90.4 cm³/mol. The van der Waals surface area contributed by atoms with E-state index in [9.17, 15) is 0 Å². The average molecular weight is 313 g/mol. The fraction of sp³-hybridized carbons (Fsp3) is 0.312. The molecule has 0 spiro atoms. The van der Waals surface area contributed by atoms with Gasteiger partial charge in [-0.3, -0.25) is 4.68 Å². The Labute approximate surface area is 134 Å². The maximum absolute atomic E-state index is 4.68. The zero-order chi connectivity index (χ0) is 15.5. The van der Waals surface area contributed by atoms with Gasteiger partial charge < -0.3 is 5.32 Å². The van der Waals surface area contributed by atoms with Crippen molar-refractivity contribution in [1.29, 1.82) is 0 Å². The number of aryl methyl sites for hydroxylation is 1. The van der Waals surface area contributed by atoms with E-state index in [1.807, 2.05) is 29.1 Å². The highest BCUT2D eigenvalue weighted by molar-refractivity contribution is 7.16. The molecular formula is C16H19N5S. The van der Waals surface area contributed by atoms with Crippen LogP contribution in [-0.4, -0.2) is 19.7 Å². The Kier molecular flexibility index (Phi) is 4.20. The molecule has 0 radical (unpaired) electrons. The van der Waals surface area contributed by atoms with Crippen LogP contribution in [0.25, 0.3) is 11.3 Å². The molecule has 0 aromatic carbocycles. The summed E-state index contributed by atoms with van der Waals surface area (Å²) in [6, 6.07) is 5.77. The molecule has 6 heteroatoms. The molecule has 22 heavy (non-hydrogen) atoms. The van der Waals surface area contributed by atoms with Crippen molar-refractivity contribution in [3.8, 4) is 11.3 Å². The normalized spacial score (nSPS) is 11.1.